The molecule has 1 fully saturated rings. The van der Waals surface area contributed by atoms with Crippen LogP contribution in [0.4, 0.5) is 5.95 Å². The molecule has 1 heterocycles. The van der Waals surface area contributed by atoms with E-state index in [4.69, 9.17) is 0 Å². The Morgan fingerprint density at radius 2 is 1.95 bits per heavy atom. The highest BCUT2D eigenvalue weighted by atomic mass is 32.2. The molecule has 0 unspecified atom stereocenters. The highest BCUT2D eigenvalue weighted by Gasteiger charge is 2.38. The van der Waals surface area contributed by atoms with Crippen LogP contribution < -0.4 is 10.0 Å². The van der Waals surface area contributed by atoms with Gasteiger partial charge in [0.15, 0.2) is 0 Å². The van der Waals surface area contributed by atoms with Crippen molar-refractivity contribution in [3.05, 3.63) is 12.4 Å². The van der Waals surface area contributed by atoms with Gasteiger partial charge in [-0.1, -0.05) is 13.8 Å². The fraction of sp³-hybridized carbons (Fsp3) is 0.667. The van der Waals surface area contributed by atoms with E-state index in [1.807, 2.05) is 6.92 Å². The van der Waals surface area contributed by atoms with Crippen molar-refractivity contribution >= 4 is 16.0 Å². The summed E-state index contributed by atoms with van der Waals surface area (Å²) < 4.78 is 26.7. The van der Waals surface area contributed by atoms with Crippen LogP contribution in [-0.4, -0.2) is 31.5 Å². The molecule has 0 aliphatic heterocycles. The third kappa shape index (κ3) is 3.87. The Hall–Kier alpha value is -1.21. The van der Waals surface area contributed by atoms with Crippen molar-refractivity contribution in [1.82, 2.24) is 14.7 Å². The summed E-state index contributed by atoms with van der Waals surface area (Å²) in [6, 6.07) is 0. The number of rotatable bonds is 7. The van der Waals surface area contributed by atoms with Crippen LogP contribution in [0.25, 0.3) is 0 Å². The molecule has 1 aromatic rings. The van der Waals surface area contributed by atoms with Crippen LogP contribution in [-0.2, 0) is 10.0 Å². The van der Waals surface area contributed by atoms with Crippen molar-refractivity contribution in [2.75, 3.05) is 18.4 Å². The Morgan fingerprint density at radius 1 is 1.32 bits per heavy atom. The predicted octanol–water partition coefficient (Wildman–Crippen LogP) is 1.38. The number of nitrogens with one attached hydrogen (secondary N) is 2. The topological polar surface area (TPSA) is 84.0 Å². The molecule has 2 N–H and O–H groups in total. The quantitative estimate of drug-likeness (QED) is 0.790. The van der Waals surface area contributed by atoms with Crippen LogP contribution >= 0.6 is 0 Å². The van der Waals surface area contributed by atoms with Gasteiger partial charge in [0, 0.05) is 13.1 Å². The van der Waals surface area contributed by atoms with Crippen molar-refractivity contribution in [2.45, 2.75) is 38.0 Å². The minimum atomic E-state index is -3.49. The molecule has 0 radical (unpaired) electrons. The molecule has 0 aromatic carbocycles. The van der Waals surface area contributed by atoms with E-state index in [9.17, 15) is 8.42 Å². The molecule has 106 valence electrons. The number of hydrogen-bond donors (Lipinski definition) is 2. The Labute approximate surface area is 114 Å². The van der Waals surface area contributed by atoms with Crippen LogP contribution in [0, 0.1) is 5.41 Å². The van der Waals surface area contributed by atoms with Crippen molar-refractivity contribution in [3.8, 4) is 0 Å². The van der Waals surface area contributed by atoms with E-state index in [-0.39, 0.29) is 10.3 Å². The van der Waals surface area contributed by atoms with E-state index in [2.05, 4.69) is 26.9 Å². The Bertz CT molecular complexity index is 523. The zero-order valence-electron chi connectivity index (χ0n) is 11.3. The third-order valence-electron chi connectivity index (χ3n) is 3.26. The molecule has 1 saturated carbocycles. The van der Waals surface area contributed by atoms with E-state index < -0.39 is 10.0 Å². The molecule has 1 aromatic heterocycles. The summed E-state index contributed by atoms with van der Waals surface area (Å²) in [4.78, 5) is 8.11. The van der Waals surface area contributed by atoms with E-state index in [1.165, 1.54) is 12.4 Å². The summed E-state index contributed by atoms with van der Waals surface area (Å²) in [5, 5.41) is 3.00. The lowest BCUT2D eigenvalue weighted by Crippen LogP contribution is -2.29. The molecule has 7 heteroatoms. The monoisotopic (exact) mass is 284 g/mol. The van der Waals surface area contributed by atoms with Crippen LogP contribution in [0.2, 0.25) is 0 Å². The Kier molecular flexibility index (Phi) is 4.05. The van der Waals surface area contributed by atoms with Crippen molar-refractivity contribution < 1.29 is 8.42 Å². The number of sulfonamides is 1. The van der Waals surface area contributed by atoms with Gasteiger partial charge >= 0.3 is 0 Å². The van der Waals surface area contributed by atoms with Crippen LogP contribution in [0.3, 0.4) is 0 Å². The van der Waals surface area contributed by atoms with Crippen molar-refractivity contribution in [2.24, 2.45) is 5.41 Å². The second-order valence-corrected chi connectivity index (χ2v) is 7.07. The van der Waals surface area contributed by atoms with Gasteiger partial charge in [-0.2, -0.15) is 0 Å². The minimum absolute atomic E-state index is 0.110. The van der Waals surface area contributed by atoms with E-state index in [0.717, 1.165) is 25.8 Å². The average molecular weight is 284 g/mol. The Balaban J connectivity index is 1.99. The summed E-state index contributed by atoms with van der Waals surface area (Å²) >= 11 is 0. The zero-order chi connectivity index (χ0) is 13.9. The van der Waals surface area contributed by atoms with Crippen LogP contribution in [0.15, 0.2) is 17.3 Å². The molecule has 19 heavy (non-hydrogen) atoms. The maximum atomic E-state index is 12.0. The van der Waals surface area contributed by atoms with Crippen molar-refractivity contribution in [1.29, 1.82) is 0 Å². The molecule has 6 nitrogen and oxygen atoms in total. The zero-order valence-corrected chi connectivity index (χ0v) is 12.1. The molecule has 0 saturated heterocycles. The molecular weight excluding hydrogens is 264 g/mol. The maximum Gasteiger partial charge on any atom is 0.243 e. The molecule has 2 rings (SSSR count). The standard InChI is InChI=1S/C12H20N4O2S/c1-3-6-13-11-14-7-10(8-15-11)19(17,18)16-9-12(2)4-5-12/h7-8,16H,3-6,9H2,1-2H3,(H,13,14,15). The molecular formula is C12H20N4O2S. The van der Waals surface area contributed by atoms with Gasteiger partial charge in [-0.15, -0.1) is 0 Å². The Morgan fingerprint density at radius 3 is 2.47 bits per heavy atom. The molecule has 1 aliphatic carbocycles. The van der Waals surface area contributed by atoms with E-state index in [0.29, 0.717) is 12.5 Å². The lowest BCUT2D eigenvalue weighted by Gasteiger charge is -2.10. The van der Waals surface area contributed by atoms with Gasteiger partial charge in [-0.05, 0) is 24.7 Å². The van der Waals surface area contributed by atoms with Gasteiger partial charge in [0.25, 0.3) is 0 Å². The molecule has 1 aliphatic rings. The van der Waals surface area contributed by atoms with Gasteiger partial charge in [0.05, 0.1) is 12.4 Å². The summed E-state index contributed by atoms with van der Waals surface area (Å²) in [5.74, 6) is 0.454. The molecule has 0 amide bonds. The first-order chi connectivity index (χ1) is 8.95. The smallest absolute Gasteiger partial charge is 0.243 e. The van der Waals surface area contributed by atoms with Crippen molar-refractivity contribution in [3.63, 3.8) is 0 Å². The minimum Gasteiger partial charge on any atom is -0.354 e. The summed E-state index contributed by atoms with van der Waals surface area (Å²) in [6.07, 6.45) is 5.78. The van der Waals surface area contributed by atoms with Gasteiger partial charge in [-0.3, -0.25) is 0 Å². The first kappa shape index (κ1) is 14.2. The largest absolute Gasteiger partial charge is 0.354 e. The van der Waals surface area contributed by atoms with Crippen LogP contribution in [0.5, 0.6) is 0 Å². The fourth-order valence-corrected chi connectivity index (χ4v) is 2.61. The number of nitrogens with zero attached hydrogens (tertiary/aromatic N) is 2. The fourth-order valence-electron chi connectivity index (χ4n) is 1.53. The third-order valence-corrected chi connectivity index (χ3v) is 4.62. The average Bonchev–Trinajstić information content (AvgIpc) is 3.13. The van der Waals surface area contributed by atoms with E-state index in [1.54, 1.807) is 0 Å². The number of anilines is 1. The maximum absolute atomic E-state index is 12.0. The summed E-state index contributed by atoms with van der Waals surface area (Å²) in [5.41, 5.74) is 0.135. The molecule has 0 atom stereocenters. The first-order valence-electron chi connectivity index (χ1n) is 6.51. The SMILES string of the molecule is CCCNc1ncc(S(=O)(=O)NCC2(C)CC2)cn1. The highest BCUT2D eigenvalue weighted by Crippen LogP contribution is 2.44. The lowest BCUT2D eigenvalue weighted by molar-refractivity contribution is 0.530. The number of hydrogen-bond acceptors (Lipinski definition) is 5. The second kappa shape index (κ2) is 5.42. The summed E-state index contributed by atoms with van der Waals surface area (Å²) in [6.45, 7) is 5.35. The predicted molar refractivity (Wildman–Crippen MR) is 73.3 cm³/mol. The van der Waals surface area contributed by atoms with Gasteiger partial charge < -0.3 is 5.32 Å². The molecule has 0 bridgehead atoms. The van der Waals surface area contributed by atoms with Gasteiger partial charge in [0.2, 0.25) is 16.0 Å². The number of aromatic nitrogens is 2. The lowest BCUT2D eigenvalue weighted by atomic mass is 10.2. The van der Waals surface area contributed by atoms with Gasteiger partial charge in [-0.25, -0.2) is 23.1 Å². The van der Waals surface area contributed by atoms with Gasteiger partial charge in [0.1, 0.15) is 4.90 Å². The normalized spacial score (nSPS) is 17.2. The van der Waals surface area contributed by atoms with Crippen LogP contribution in [0.1, 0.15) is 33.1 Å². The highest BCUT2D eigenvalue weighted by molar-refractivity contribution is 7.89. The van der Waals surface area contributed by atoms with E-state index >= 15 is 0 Å². The molecule has 0 spiro atoms. The summed E-state index contributed by atoms with van der Waals surface area (Å²) in [7, 11) is -3.49. The first-order valence-corrected chi connectivity index (χ1v) is 7.99. The second-order valence-electron chi connectivity index (χ2n) is 5.30.